The van der Waals surface area contributed by atoms with Crippen molar-refractivity contribution in [3.63, 3.8) is 0 Å². The quantitative estimate of drug-likeness (QED) is 0.761. The molecule has 4 N–H and O–H groups in total. The van der Waals surface area contributed by atoms with Crippen molar-refractivity contribution in [3.05, 3.63) is 10.7 Å². The molecule has 0 saturated carbocycles. The highest BCUT2D eigenvalue weighted by molar-refractivity contribution is 9.10. The van der Waals surface area contributed by atoms with Crippen molar-refractivity contribution in [1.29, 1.82) is 0 Å². The minimum Gasteiger partial charge on any atom is -0.327 e. The highest BCUT2D eigenvalue weighted by Crippen LogP contribution is 2.18. The van der Waals surface area contributed by atoms with Gasteiger partial charge in [0, 0.05) is 6.04 Å². The smallest absolute Gasteiger partial charge is 0.229 e. The van der Waals surface area contributed by atoms with Crippen LogP contribution in [0, 0.1) is 5.92 Å². The van der Waals surface area contributed by atoms with Crippen LogP contribution in [0.4, 0.5) is 5.82 Å². The number of aromatic nitrogens is 2. The first-order chi connectivity index (χ1) is 6.52. The second kappa shape index (κ2) is 4.56. The van der Waals surface area contributed by atoms with E-state index < -0.39 is 0 Å². The average Bonchev–Trinajstić information content (AvgIpc) is 2.50. The Bertz CT molecular complexity index is 323. The summed E-state index contributed by atoms with van der Waals surface area (Å²) < 4.78 is 0.725. The average molecular weight is 261 g/mol. The van der Waals surface area contributed by atoms with Crippen molar-refractivity contribution in [2.45, 2.75) is 19.9 Å². The minimum atomic E-state index is -0.231. The first-order valence-corrected chi connectivity index (χ1v) is 5.07. The number of carbonyl (C=O) groups is 1. The van der Waals surface area contributed by atoms with Gasteiger partial charge in [-0.05, 0) is 22.9 Å². The van der Waals surface area contributed by atoms with Gasteiger partial charge in [0.25, 0.3) is 0 Å². The Labute approximate surface area is 90.6 Å². The van der Waals surface area contributed by atoms with Gasteiger partial charge in [0.15, 0.2) is 0 Å². The molecule has 1 aromatic rings. The second-order valence-corrected chi connectivity index (χ2v) is 4.08. The third-order valence-corrected chi connectivity index (χ3v) is 2.64. The lowest BCUT2D eigenvalue weighted by Crippen LogP contribution is -2.34. The molecule has 0 fully saturated rings. The largest absolute Gasteiger partial charge is 0.327 e. The number of hydrogen-bond donors (Lipinski definition) is 3. The highest BCUT2D eigenvalue weighted by Gasteiger charge is 2.18. The molecule has 0 bridgehead atoms. The Balaban J connectivity index is 2.62. The molecule has 0 aliphatic rings. The Kier molecular flexibility index (Phi) is 3.65. The van der Waals surface area contributed by atoms with E-state index in [9.17, 15) is 4.79 Å². The molecule has 14 heavy (non-hydrogen) atoms. The Morgan fingerprint density at radius 3 is 2.79 bits per heavy atom. The molecular weight excluding hydrogens is 248 g/mol. The number of nitrogens with one attached hydrogen (secondary N) is 2. The number of rotatable bonds is 3. The van der Waals surface area contributed by atoms with Gasteiger partial charge in [-0.25, -0.2) is 0 Å². The van der Waals surface area contributed by atoms with Crippen LogP contribution in [0.1, 0.15) is 13.8 Å². The zero-order valence-corrected chi connectivity index (χ0v) is 9.63. The standard InChI is InChI=1S/C8H13BrN4O/c1-4(5(2)10)8(14)12-7-6(9)3-11-13-7/h3-5H,10H2,1-2H3,(H2,11,12,13,14). The fourth-order valence-electron chi connectivity index (χ4n) is 0.835. The Morgan fingerprint density at radius 2 is 2.36 bits per heavy atom. The van der Waals surface area contributed by atoms with Crippen molar-refractivity contribution in [2.24, 2.45) is 11.7 Å². The number of nitrogens with zero attached hydrogens (tertiary/aromatic N) is 1. The Hall–Kier alpha value is -0.880. The summed E-state index contributed by atoms with van der Waals surface area (Å²) in [5, 5.41) is 9.11. The number of aromatic amines is 1. The molecular formula is C8H13BrN4O. The minimum absolute atomic E-state index is 0.120. The van der Waals surface area contributed by atoms with Gasteiger partial charge in [0.1, 0.15) is 5.82 Å². The molecule has 78 valence electrons. The molecule has 5 nitrogen and oxygen atoms in total. The van der Waals surface area contributed by atoms with Gasteiger partial charge < -0.3 is 11.1 Å². The number of nitrogens with two attached hydrogens (primary N) is 1. The fraction of sp³-hybridized carbons (Fsp3) is 0.500. The van der Waals surface area contributed by atoms with E-state index in [0.717, 1.165) is 4.47 Å². The number of hydrogen-bond acceptors (Lipinski definition) is 3. The van der Waals surface area contributed by atoms with Crippen LogP contribution in [0.2, 0.25) is 0 Å². The van der Waals surface area contributed by atoms with Crippen LogP contribution in [0.15, 0.2) is 10.7 Å². The number of halogens is 1. The molecule has 1 rings (SSSR count). The zero-order chi connectivity index (χ0) is 10.7. The van der Waals surface area contributed by atoms with E-state index in [1.54, 1.807) is 20.0 Å². The van der Waals surface area contributed by atoms with E-state index in [1.807, 2.05) is 0 Å². The summed E-state index contributed by atoms with van der Waals surface area (Å²) in [6.07, 6.45) is 1.58. The van der Waals surface area contributed by atoms with Gasteiger partial charge in [-0.15, -0.1) is 0 Å². The molecule has 0 spiro atoms. The first kappa shape index (κ1) is 11.2. The van der Waals surface area contributed by atoms with Crippen LogP contribution >= 0.6 is 15.9 Å². The van der Waals surface area contributed by atoms with E-state index >= 15 is 0 Å². The highest BCUT2D eigenvalue weighted by atomic mass is 79.9. The zero-order valence-electron chi connectivity index (χ0n) is 8.04. The van der Waals surface area contributed by atoms with E-state index in [4.69, 9.17) is 5.73 Å². The first-order valence-electron chi connectivity index (χ1n) is 4.27. The van der Waals surface area contributed by atoms with E-state index in [2.05, 4.69) is 31.4 Å². The van der Waals surface area contributed by atoms with Gasteiger partial charge in [-0.1, -0.05) is 6.92 Å². The molecule has 0 aromatic carbocycles. The summed E-state index contributed by atoms with van der Waals surface area (Å²) in [5.74, 6) is 0.206. The van der Waals surface area contributed by atoms with Crippen LogP contribution in [0.5, 0.6) is 0 Å². The van der Waals surface area contributed by atoms with Gasteiger partial charge in [-0.2, -0.15) is 5.10 Å². The molecule has 0 aliphatic carbocycles. The Morgan fingerprint density at radius 1 is 1.71 bits per heavy atom. The lowest BCUT2D eigenvalue weighted by atomic mass is 10.0. The summed E-state index contributed by atoms with van der Waals surface area (Å²) in [6.45, 7) is 3.58. The molecule has 6 heteroatoms. The van der Waals surface area contributed by atoms with Crippen molar-refractivity contribution in [2.75, 3.05) is 5.32 Å². The van der Waals surface area contributed by atoms with Crippen LogP contribution in [0.3, 0.4) is 0 Å². The number of anilines is 1. The maximum atomic E-state index is 11.5. The molecule has 2 atom stereocenters. The third kappa shape index (κ3) is 2.55. The van der Waals surface area contributed by atoms with Gasteiger partial charge in [0.2, 0.25) is 5.91 Å². The summed E-state index contributed by atoms with van der Waals surface area (Å²) in [6, 6.07) is -0.170. The summed E-state index contributed by atoms with van der Waals surface area (Å²) in [4.78, 5) is 11.5. The monoisotopic (exact) mass is 260 g/mol. The molecule has 1 heterocycles. The van der Waals surface area contributed by atoms with Crippen LogP contribution in [-0.4, -0.2) is 22.1 Å². The van der Waals surface area contributed by atoms with E-state index in [1.165, 1.54) is 0 Å². The maximum Gasteiger partial charge on any atom is 0.229 e. The van der Waals surface area contributed by atoms with Crippen LogP contribution in [0.25, 0.3) is 0 Å². The fourth-order valence-corrected chi connectivity index (χ4v) is 1.13. The van der Waals surface area contributed by atoms with Crippen molar-refractivity contribution < 1.29 is 4.79 Å². The van der Waals surface area contributed by atoms with Gasteiger partial charge >= 0.3 is 0 Å². The third-order valence-electron chi connectivity index (χ3n) is 2.04. The molecule has 0 aliphatic heterocycles. The molecule has 0 radical (unpaired) electrons. The lowest BCUT2D eigenvalue weighted by molar-refractivity contribution is -0.119. The summed E-state index contributed by atoms with van der Waals surface area (Å²) in [7, 11) is 0. The van der Waals surface area contributed by atoms with E-state index in [0.29, 0.717) is 5.82 Å². The second-order valence-electron chi connectivity index (χ2n) is 3.23. The van der Waals surface area contributed by atoms with Gasteiger partial charge in [0.05, 0.1) is 16.6 Å². The predicted octanol–water partition coefficient (Wildman–Crippen LogP) is 1.09. The number of carbonyl (C=O) groups excluding carboxylic acids is 1. The van der Waals surface area contributed by atoms with Crippen molar-refractivity contribution in [1.82, 2.24) is 10.2 Å². The number of H-pyrrole nitrogens is 1. The molecule has 1 aromatic heterocycles. The maximum absolute atomic E-state index is 11.5. The summed E-state index contributed by atoms with van der Waals surface area (Å²) in [5.41, 5.74) is 5.61. The number of amides is 1. The predicted molar refractivity (Wildman–Crippen MR) is 57.7 cm³/mol. The lowest BCUT2D eigenvalue weighted by Gasteiger charge is -2.14. The van der Waals surface area contributed by atoms with Crippen LogP contribution < -0.4 is 11.1 Å². The molecule has 2 unspecified atom stereocenters. The normalized spacial score (nSPS) is 14.9. The molecule has 0 saturated heterocycles. The molecule has 1 amide bonds. The summed E-state index contributed by atoms with van der Waals surface area (Å²) >= 11 is 3.24. The van der Waals surface area contributed by atoms with Gasteiger partial charge in [-0.3, -0.25) is 9.89 Å². The van der Waals surface area contributed by atoms with Crippen LogP contribution in [-0.2, 0) is 4.79 Å². The van der Waals surface area contributed by atoms with Crippen molar-refractivity contribution >= 4 is 27.7 Å². The van der Waals surface area contributed by atoms with Crippen molar-refractivity contribution in [3.8, 4) is 0 Å². The van der Waals surface area contributed by atoms with E-state index in [-0.39, 0.29) is 17.9 Å². The SMILES string of the molecule is CC(N)C(C)C(=O)Nc1[nH]ncc1Br. The topological polar surface area (TPSA) is 83.8 Å².